The molecule has 4 bridgehead atoms. The fourth-order valence-electron chi connectivity index (χ4n) is 9.74. The molecule has 10 heterocycles. The average Bonchev–Trinajstić information content (AvgIpc) is 3.70. The molecule has 2 aromatic rings. The molecule has 2 unspecified atom stereocenters. The second-order valence-corrected chi connectivity index (χ2v) is 19.0. The lowest BCUT2D eigenvalue weighted by Crippen LogP contribution is -2.77. The monoisotopic (exact) mass is 680 g/mol. The largest absolute Gasteiger partial charge is 0.388 e. The molecule has 12 rings (SSSR count). The molecule has 0 saturated carbocycles. The van der Waals surface area contributed by atoms with E-state index in [4.69, 9.17) is 0 Å². The molecule has 45 heavy (non-hydrogen) atoms. The topological polar surface area (TPSA) is 126 Å². The summed E-state index contributed by atoms with van der Waals surface area (Å²) in [4.78, 5) is 59.5. The van der Waals surface area contributed by atoms with Gasteiger partial charge in [0, 0.05) is 31.9 Å². The molecule has 8 fully saturated rings. The van der Waals surface area contributed by atoms with E-state index in [0.717, 1.165) is 22.5 Å². The number of aliphatic hydroxyl groups is 1. The normalized spacial score (nSPS) is 46.1. The van der Waals surface area contributed by atoms with Gasteiger partial charge in [0.1, 0.15) is 18.4 Å². The molecule has 0 aromatic heterocycles. The van der Waals surface area contributed by atoms with Crippen LogP contribution in [0.5, 0.6) is 0 Å². The van der Waals surface area contributed by atoms with Crippen LogP contribution < -0.4 is 10.6 Å². The Kier molecular flexibility index (Phi) is 4.69. The van der Waals surface area contributed by atoms with Crippen LogP contribution in [-0.2, 0) is 30.0 Å². The number of fused-ring (bicyclic) bond motifs is 11. The van der Waals surface area contributed by atoms with Crippen molar-refractivity contribution >= 4 is 78.2 Å². The highest BCUT2D eigenvalue weighted by atomic mass is 33.1. The first-order valence-corrected chi connectivity index (χ1v) is 19.1. The van der Waals surface area contributed by atoms with Crippen molar-refractivity contribution in [2.45, 2.75) is 69.0 Å². The summed E-state index contributed by atoms with van der Waals surface area (Å²) in [6, 6.07) is 15.5. The molecular weight excluding hydrogens is 653 g/mol. The average molecular weight is 681 g/mol. The highest BCUT2D eigenvalue weighted by Gasteiger charge is 2.90. The number of likely N-dealkylation sites (N-methyl/N-ethyl adjacent to an activating group) is 2. The fraction of sp³-hybridized carbons (Fsp3) is 0.467. The molecule has 232 valence electrons. The van der Waals surface area contributed by atoms with Gasteiger partial charge in [-0.1, -0.05) is 68.8 Å². The molecule has 0 aliphatic carbocycles. The summed E-state index contributed by atoms with van der Waals surface area (Å²) in [5.41, 5.74) is 0.681. The molecule has 3 N–H and O–H groups in total. The number of nitrogens with zero attached hydrogens (tertiary/aromatic N) is 4. The third kappa shape index (κ3) is 2.36. The molecule has 11 nitrogen and oxygen atoms in total. The number of hydrogen-bond acceptors (Lipinski definition) is 11. The second kappa shape index (κ2) is 7.70. The van der Waals surface area contributed by atoms with Crippen LogP contribution in [0.3, 0.4) is 0 Å². The maximum atomic E-state index is 14.6. The number of rotatable bonds is 1. The number of para-hydroxylation sites is 2. The summed E-state index contributed by atoms with van der Waals surface area (Å²) in [6.45, 7) is 3.54. The summed E-state index contributed by atoms with van der Waals surface area (Å²) in [5, 5.41) is 20.5. The Morgan fingerprint density at radius 2 is 1.27 bits per heavy atom. The second-order valence-electron chi connectivity index (χ2n) is 13.5. The van der Waals surface area contributed by atoms with E-state index in [9.17, 15) is 24.3 Å². The quantitative estimate of drug-likeness (QED) is 0.385. The lowest BCUT2D eigenvalue weighted by atomic mass is 9.53. The predicted octanol–water partition coefficient (Wildman–Crippen LogP) is 2.36. The van der Waals surface area contributed by atoms with Crippen molar-refractivity contribution in [2.75, 3.05) is 24.7 Å². The zero-order valence-corrected chi connectivity index (χ0v) is 27.8. The van der Waals surface area contributed by atoms with E-state index in [-0.39, 0.29) is 30.0 Å². The Hall–Kier alpha value is -2.72. The maximum Gasteiger partial charge on any atom is 0.264 e. The van der Waals surface area contributed by atoms with Gasteiger partial charge >= 0.3 is 0 Å². The third-order valence-electron chi connectivity index (χ3n) is 12.0. The van der Waals surface area contributed by atoms with E-state index >= 15 is 0 Å². The van der Waals surface area contributed by atoms with Crippen LogP contribution >= 0.6 is 43.2 Å². The van der Waals surface area contributed by atoms with E-state index in [1.54, 1.807) is 42.6 Å². The van der Waals surface area contributed by atoms with Gasteiger partial charge < -0.3 is 25.5 Å². The zero-order chi connectivity index (χ0) is 31.3. The summed E-state index contributed by atoms with van der Waals surface area (Å²) in [5.74, 6) is -0.935. The predicted molar refractivity (Wildman–Crippen MR) is 174 cm³/mol. The minimum Gasteiger partial charge on any atom is -0.388 e. The van der Waals surface area contributed by atoms with E-state index < -0.39 is 48.7 Å². The number of anilines is 2. The minimum atomic E-state index is -1.63. The van der Waals surface area contributed by atoms with Crippen molar-refractivity contribution in [3.8, 4) is 0 Å². The molecule has 8 saturated heterocycles. The van der Waals surface area contributed by atoms with Crippen molar-refractivity contribution in [3.05, 3.63) is 59.7 Å². The molecular formula is C30H28N6O5S4. The Morgan fingerprint density at radius 1 is 0.711 bits per heavy atom. The number of amides is 4. The van der Waals surface area contributed by atoms with Crippen molar-refractivity contribution in [2.24, 2.45) is 0 Å². The third-order valence-corrected chi connectivity index (χ3v) is 19.4. The Morgan fingerprint density at radius 3 is 1.98 bits per heavy atom. The van der Waals surface area contributed by atoms with E-state index in [0.29, 0.717) is 0 Å². The van der Waals surface area contributed by atoms with Crippen molar-refractivity contribution in [1.29, 1.82) is 0 Å². The van der Waals surface area contributed by atoms with Gasteiger partial charge in [0.15, 0.2) is 14.6 Å². The highest BCUT2D eigenvalue weighted by molar-refractivity contribution is 8.78. The van der Waals surface area contributed by atoms with Crippen LogP contribution in [0.2, 0.25) is 0 Å². The number of nitrogens with one attached hydrogen (secondary N) is 2. The molecule has 2 aromatic carbocycles. The number of carbonyl (C=O) groups excluding carboxylic acids is 4. The lowest BCUT2D eigenvalue weighted by Gasteiger charge is -2.58. The lowest BCUT2D eigenvalue weighted by molar-refractivity contribution is -0.166. The van der Waals surface area contributed by atoms with E-state index in [1.165, 1.54) is 48.1 Å². The molecule has 10 aliphatic rings. The standard InChI is InChI=1S/C30H28N6O5S4/c1-25-21(38)35-19-27(14-9-5-7-11-16(14)31-19,13-28(35,44-42-25)23(40)33(25)3)29-15-10-6-8-12-17(15)32-20(29)36-22(39)26(2)34(4)24(41)30(36,18(29)37)45-43-26/h5-12,18-20,31-32,37H,13H2,1-4H3/t18-,19+,20+,25+,26+,27?,28-,29?,30-/m0/s1. The van der Waals surface area contributed by atoms with Gasteiger partial charge in [-0.2, -0.15) is 0 Å². The van der Waals surface area contributed by atoms with Crippen LogP contribution in [-0.4, -0.2) is 100 Å². The fourth-order valence-corrected chi connectivity index (χ4v) is 16.8. The molecule has 9 atom stereocenters. The van der Waals surface area contributed by atoms with Gasteiger partial charge in [0.05, 0.1) is 10.8 Å². The number of carbonyl (C=O) groups is 4. The van der Waals surface area contributed by atoms with Crippen LogP contribution in [0.1, 0.15) is 31.4 Å². The van der Waals surface area contributed by atoms with Gasteiger partial charge in [-0.3, -0.25) is 29.0 Å². The van der Waals surface area contributed by atoms with Gasteiger partial charge in [0.2, 0.25) is 4.87 Å². The van der Waals surface area contributed by atoms with Gasteiger partial charge in [-0.05, 0) is 47.9 Å². The molecule has 4 amide bonds. The first-order valence-electron chi connectivity index (χ1n) is 14.8. The SMILES string of the molecule is CN1C(=O)[C@@]23CC4(C56c7ccccc7N[C@@H]5N5C(=O)[C@@]7(C)SS[C@]5(C(=O)N7C)[C@H]6O)c5ccccc5N[C@@H]4N2C(=O)[C@@]1(C)SS3. The minimum absolute atomic E-state index is 0.165. The molecule has 15 heteroatoms. The van der Waals surface area contributed by atoms with Crippen molar-refractivity contribution < 1.29 is 24.3 Å². The van der Waals surface area contributed by atoms with Gasteiger partial charge in [-0.25, -0.2) is 0 Å². The van der Waals surface area contributed by atoms with Gasteiger partial charge in [0.25, 0.3) is 23.6 Å². The maximum absolute atomic E-state index is 14.6. The number of aliphatic hydroxyl groups excluding tert-OH is 1. The Bertz CT molecular complexity index is 1860. The summed E-state index contributed by atoms with van der Waals surface area (Å²) in [6.07, 6.45) is -2.82. The van der Waals surface area contributed by atoms with Crippen molar-refractivity contribution in [3.63, 3.8) is 0 Å². The highest BCUT2D eigenvalue weighted by Crippen LogP contribution is 2.78. The molecule has 2 spiro atoms. The van der Waals surface area contributed by atoms with Crippen LogP contribution in [0, 0.1) is 0 Å². The Labute approximate surface area is 274 Å². The first-order chi connectivity index (χ1) is 21.4. The summed E-state index contributed by atoms with van der Waals surface area (Å²) in [7, 11) is 8.67. The first kappa shape index (κ1) is 27.4. The molecule has 0 radical (unpaired) electrons. The zero-order valence-electron chi connectivity index (χ0n) is 24.6. The van der Waals surface area contributed by atoms with Crippen LogP contribution in [0.25, 0.3) is 0 Å². The summed E-state index contributed by atoms with van der Waals surface area (Å²) >= 11 is 0. The number of hydrogen-bond donors (Lipinski definition) is 3. The van der Waals surface area contributed by atoms with Gasteiger partial charge in [-0.15, -0.1) is 0 Å². The Balaban J connectivity index is 1.33. The van der Waals surface area contributed by atoms with Crippen LogP contribution in [0.15, 0.2) is 48.5 Å². The van der Waals surface area contributed by atoms with E-state index in [2.05, 4.69) is 10.6 Å². The smallest absolute Gasteiger partial charge is 0.264 e. The molecule has 10 aliphatic heterocycles. The van der Waals surface area contributed by atoms with E-state index in [1.807, 2.05) is 48.5 Å². The summed E-state index contributed by atoms with van der Waals surface area (Å²) < 4.78 is 0. The van der Waals surface area contributed by atoms with Crippen molar-refractivity contribution in [1.82, 2.24) is 19.6 Å². The van der Waals surface area contributed by atoms with Crippen LogP contribution in [0.4, 0.5) is 11.4 Å². The number of benzene rings is 2. The number of piperazine rings is 2.